The molecule has 2 unspecified atom stereocenters. The van der Waals surface area contributed by atoms with E-state index in [0.29, 0.717) is 35.4 Å². The Balaban J connectivity index is 1.17. The molecule has 2 aliphatic rings. The van der Waals surface area contributed by atoms with Gasteiger partial charge in [-0.2, -0.15) is 5.10 Å². The average Bonchev–Trinajstić information content (AvgIpc) is 3.56. The van der Waals surface area contributed by atoms with Crippen molar-refractivity contribution in [3.05, 3.63) is 65.5 Å². The molecule has 2 saturated carbocycles. The molecule has 2 atom stereocenters. The Bertz CT molecular complexity index is 1340. The Morgan fingerprint density at radius 2 is 1.95 bits per heavy atom. The number of alkyl halides is 2. The number of rotatable bonds is 8. The highest BCUT2D eigenvalue weighted by Gasteiger charge is 2.50. The van der Waals surface area contributed by atoms with Gasteiger partial charge in [-0.1, -0.05) is 35.5 Å². The lowest BCUT2D eigenvalue weighted by Crippen LogP contribution is -2.40. The van der Waals surface area contributed by atoms with Crippen LogP contribution in [0.15, 0.2) is 48.8 Å². The van der Waals surface area contributed by atoms with Gasteiger partial charge < -0.3 is 11.1 Å². The Kier molecular flexibility index (Phi) is 6.36. The summed E-state index contributed by atoms with van der Waals surface area (Å²) in [7, 11) is 0. The fourth-order valence-corrected chi connectivity index (χ4v) is 5.96. The van der Waals surface area contributed by atoms with Gasteiger partial charge in [0.15, 0.2) is 5.65 Å². The van der Waals surface area contributed by atoms with Crippen molar-refractivity contribution in [3.63, 3.8) is 0 Å². The average molecular weight is 507 g/mol. The second kappa shape index (κ2) is 9.81. The van der Waals surface area contributed by atoms with E-state index >= 15 is 0 Å². The Hall–Kier alpha value is -3.40. The zero-order valence-corrected chi connectivity index (χ0v) is 20.7. The van der Waals surface area contributed by atoms with Gasteiger partial charge in [-0.25, -0.2) is 18.9 Å². The molecule has 6 rings (SSSR count). The van der Waals surface area contributed by atoms with Crippen LogP contribution >= 0.6 is 0 Å². The maximum absolute atomic E-state index is 14.1. The van der Waals surface area contributed by atoms with Crippen molar-refractivity contribution in [2.45, 2.75) is 74.8 Å². The number of nitrogens with zero attached hydrogens (tertiary/aromatic N) is 5. The minimum atomic E-state index is -2.71. The fraction of sp³-hybridized carbons (Fsp3) is 0.481. The van der Waals surface area contributed by atoms with Crippen LogP contribution in [0.5, 0.6) is 0 Å². The van der Waals surface area contributed by atoms with E-state index in [-0.39, 0.29) is 12.3 Å². The number of hydrogen-bond acceptors (Lipinski definition) is 6. The van der Waals surface area contributed by atoms with Gasteiger partial charge in [-0.15, -0.1) is 5.10 Å². The number of aromatic amines is 1. The molecule has 8 nitrogen and oxygen atoms in total. The number of halogens is 2. The van der Waals surface area contributed by atoms with Crippen molar-refractivity contribution < 1.29 is 8.78 Å². The fourth-order valence-electron chi connectivity index (χ4n) is 5.96. The maximum Gasteiger partial charge on any atom is 0.270 e. The number of anilines is 1. The van der Waals surface area contributed by atoms with Crippen LogP contribution in [0.4, 0.5) is 14.6 Å². The molecule has 3 aromatic heterocycles. The molecule has 0 spiro atoms. The second-order valence-corrected chi connectivity index (χ2v) is 10.5. The zero-order valence-electron chi connectivity index (χ0n) is 20.7. The number of H-pyrrole nitrogens is 1. The van der Waals surface area contributed by atoms with Crippen LogP contribution in [0, 0.1) is 0 Å². The van der Waals surface area contributed by atoms with Crippen LogP contribution in [-0.2, 0) is 0 Å². The van der Waals surface area contributed by atoms with Crippen LogP contribution in [0.2, 0.25) is 0 Å². The summed E-state index contributed by atoms with van der Waals surface area (Å²) in [5.41, 5.74) is 10.4. The predicted molar refractivity (Wildman–Crippen MR) is 137 cm³/mol. The lowest BCUT2D eigenvalue weighted by atomic mass is 9.81. The van der Waals surface area contributed by atoms with Crippen molar-refractivity contribution in [2.24, 2.45) is 0 Å². The highest BCUT2D eigenvalue weighted by atomic mass is 19.3. The minimum absolute atomic E-state index is 0.0901. The highest BCUT2D eigenvalue weighted by Crippen LogP contribution is 2.47. The van der Waals surface area contributed by atoms with Crippen LogP contribution in [-0.4, -0.2) is 48.7 Å². The van der Waals surface area contributed by atoms with Gasteiger partial charge in [0.1, 0.15) is 17.4 Å². The van der Waals surface area contributed by atoms with Gasteiger partial charge >= 0.3 is 0 Å². The number of nitrogen functional groups attached to an aromatic ring is 1. The quantitative estimate of drug-likeness (QED) is 0.312. The molecular formula is C27H32F2N8. The topological polar surface area (TPSA) is 110 Å². The summed E-state index contributed by atoms with van der Waals surface area (Å²) in [6, 6.07) is 12.2. The normalized spacial score (nSPS) is 24.1. The number of hydrogen-bond donors (Lipinski definition) is 3. The number of nitrogens with two attached hydrogens (primary N) is 1. The summed E-state index contributed by atoms with van der Waals surface area (Å²) in [5.74, 6) is -1.85. The molecule has 2 aliphatic carbocycles. The third kappa shape index (κ3) is 4.82. The largest absolute Gasteiger partial charge is 0.384 e. The molecule has 0 amide bonds. The van der Waals surface area contributed by atoms with E-state index in [4.69, 9.17) is 5.73 Å². The Morgan fingerprint density at radius 3 is 2.68 bits per heavy atom. The van der Waals surface area contributed by atoms with Crippen LogP contribution in [0.25, 0.3) is 11.2 Å². The smallest absolute Gasteiger partial charge is 0.270 e. The van der Waals surface area contributed by atoms with Gasteiger partial charge in [0.2, 0.25) is 0 Å². The lowest BCUT2D eigenvalue weighted by Gasteiger charge is -2.36. The first-order chi connectivity index (χ1) is 18.0. The summed E-state index contributed by atoms with van der Waals surface area (Å²) in [6.07, 6.45) is 9.17. The summed E-state index contributed by atoms with van der Waals surface area (Å²) in [5, 5.41) is 19.0. The van der Waals surface area contributed by atoms with Crippen molar-refractivity contribution >= 4 is 17.0 Å². The molecule has 0 radical (unpaired) electrons. The third-order valence-corrected chi connectivity index (χ3v) is 8.17. The molecule has 4 aromatic rings. The predicted octanol–water partition coefficient (Wildman–Crippen LogP) is 4.94. The first-order valence-electron chi connectivity index (χ1n) is 13.2. The summed E-state index contributed by atoms with van der Waals surface area (Å²) in [4.78, 5) is 4.29. The van der Waals surface area contributed by atoms with E-state index in [0.717, 1.165) is 36.9 Å². The summed E-state index contributed by atoms with van der Waals surface area (Å²) in [6.45, 7) is 0.775. The van der Waals surface area contributed by atoms with Crippen molar-refractivity contribution in [1.29, 1.82) is 0 Å². The molecule has 37 heavy (non-hydrogen) atoms. The maximum atomic E-state index is 14.1. The first-order valence-corrected chi connectivity index (χ1v) is 13.2. The number of benzene rings is 1. The summed E-state index contributed by atoms with van der Waals surface area (Å²) >= 11 is 0. The first kappa shape index (κ1) is 24.0. The second-order valence-electron chi connectivity index (χ2n) is 10.5. The summed E-state index contributed by atoms with van der Waals surface area (Å²) < 4.78 is 29.6. The minimum Gasteiger partial charge on any atom is -0.384 e. The molecule has 10 heteroatoms. The van der Waals surface area contributed by atoms with E-state index < -0.39 is 12.0 Å². The van der Waals surface area contributed by atoms with Crippen LogP contribution in [0.1, 0.15) is 79.5 Å². The molecule has 3 heterocycles. The zero-order chi connectivity index (χ0) is 25.4. The van der Waals surface area contributed by atoms with E-state index in [1.165, 1.54) is 23.1 Å². The van der Waals surface area contributed by atoms with Gasteiger partial charge in [0, 0.05) is 24.6 Å². The van der Waals surface area contributed by atoms with Gasteiger partial charge in [-0.3, -0.25) is 4.68 Å². The van der Waals surface area contributed by atoms with Gasteiger partial charge in [0.25, 0.3) is 5.92 Å². The molecule has 0 bridgehead atoms. The number of nitrogens with one attached hydrogen (secondary N) is 2. The Morgan fingerprint density at radius 1 is 1.14 bits per heavy atom. The number of aromatic nitrogens is 6. The molecule has 4 N–H and O–H groups in total. The van der Waals surface area contributed by atoms with Crippen molar-refractivity contribution in [2.75, 3.05) is 12.3 Å². The van der Waals surface area contributed by atoms with Gasteiger partial charge in [-0.05, 0) is 73.7 Å². The molecule has 2 fully saturated rings. The standard InChI is InChI=1S/C27H32F2N8/c28-27(29)12-10-23(27)37-16-19(15-32-37)21(22-14-24(30)33-26-25(22)34-36-35-26)11-13-31-20-8-6-18(7-9-20)17-4-2-1-3-5-17/h1-5,14-16,18,20-21,23,31H,6-13H2,(H3,30,33,34,35,36)/t18-,20-,21?,23?. The monoisotopic (exact) mass is 506 g/mol. The van der Waals surface area contributed by atoms with Crippen molar-refractivity contribution in [1.82, 2.24) is 35.5 Å². The van der Waals surface area contributed by atoms with E-state index in [1.54, 1.807) is 12.4 Å². The molecule has 0 saturated heterocycles. The van der Waals surface area contributed by atoms with E-state index in [1.807, 2.05) is 6.07 Å². The molecule has 1 aromatic carbocycles. The van der Waals surface area contributed by atoms with Crippen molar-refractivity contribution in [3.8, 4) is 0 Å². The molecular weight excluding hydrogens is 474 g/mol. The van der Waals surface area contributed by atoms with Crippen LogP contribution in [0.3, 0.4) is 0 Å². The van der Waals surface area contributed by atoms with E-state index in [2.05, 4.69) is 61.1 Å². The van der Waals surface area contributed by atoms with Crippen LogP contribution < -0.4 is 11.1 Å². The number of pyridine rings is 1. The Labute approximate surface area is 214 Å². The number of fused-ring (bicyclic) bond motifs is 1. The molecule has 0 aliphatic heterocycles. The molecule has 194 valence electrons. The third-order valence-electron chi connectivity index (χ3n) is 8.17. The highest BCUT2D eigenvalue weighted by molar-refractivity contribution is 5.77. The van der Waals surface area contributed by atoms with E-state index in [9.17, 15) is 8.78 Å². The van der Waals surface area contributed by atoms with Gasteiger partial charge in [0.05, 0.1) is 6.20 Å². The lowest BCUT2D eigenvalue weighted by molar-refractivity contribution is -0.126. The SMILES string of the molecule is Nc1cc(C(CCN[C@H]2CC[C@H](c3ccccc3)CC2)c2cnn(C3CCC3(F)F)c2)c2nn[nH]c2n1.